The topological polar surface area (TPSA) is 65.0 Å². The summed E-state index contributed by atoms with van der Waals surface area (Å²) in [7, 11) is 0. The van der Waals surface area contributed by atoms with Crippen LogP contribution in [-0.4, -0.2) is 35.5 Å². The lowest BCUT2D eigenvalue weighted by atomic mass is 10.0. The van der Waals surface area contributed by atoms with Gasteiger partial charge in [-0.2, -0.15) is 0 Å². The Morgan fingerprint density at radius 2 is 1.59 bits per heavy atom. The van der Waals surface area contributed by atoms with Gasteiger partial charge in [0, 0.05) is 0 Å². The van der Waals surface area contributed by atoms with Crippen molar-refractivity contribution in [1.29, 1.82) is 0 Å². The standard InChI is InChI=1S/C24H38O5/c1-2-3-4-5-6-7-8-9-10-11-12-13-14-20-15-17-22(27-20)23-18-16-21(28-29-23)19-24(25)26/h2,5-8,20-23H,1,3-4,9-19H2,(H,25,26)/b6-5+,8-7-/t20-,21-,22+,23-/m1/s1. The lowest BCUT2D eigenvalue weighted by Crippen LogP contribution is -2.37. The van der Waals surface area contributed by atoms with Gasteiger partial charge < -0.3 is 9.84 Å². The number of carboxylic acids is 1. The van der Waals surface area contributed by atoms with Crippen molar-refractivity contribution < 1.29 is 24.4 Å². The van der Waals surface area contributed by atoms with Crippen LogP contribution in [0.5, 0.6) is 0 Å². The SMILES string of the molecule is C=CCC/C=C/C=C\CCCCCC[C@@H]1CC[C@@H]([C@H]2CC[C@H](CC(=O)O)OO2)O1. The third kappa shape index (κ3) is 10.2. The van der Waals surface area contributed by atoms with Gasteiger partial charge in [0.25, 0.3) is 0 Å². The third-order valence-electron chi connectivity index (χ3n) is 5.61. The molecule has 29 heavy (non-hydrogen) atoms. The van der Waals surface area contributed by atoms with E-state index in [1.807, 2.05) is 6.08 Å². The summed E-state index contributed by atoms with van der Waals surface area (Å²) in [6.45, 7) is 3.72. The Balaban J connectivity index is 1.46. The molecule has 0 unspecified atom stereocenters. The highest BCUT2D eigenvalue weighted by atomic mass is 17.2. The van der Waals surface area contributed by atoms with Crippen molar-refractivity contribution in [2.75, 3.05) is 0 Å². The van der Waals surface area contributed by atoms with E-state index in [2.05, 4.69) is 30.9 Å². The molecule has 2 saturated heterocycles. The van der Waals surface area contributed by atoms with E-state index in [-0.39, 0.29) is 24.7 Å². The van der Waals surface area contributed by atoms with Gasteiger partial charge >= 0.3 is 5.97 Å². The molecule has 0 aliphatic carbocycles. The van der Waals surface area contributed by atoms with E-state index in [9.17, 15) is 4.79 Å². The van der Waals surface area contributed by atoms with E-state index in [1.54, 1.807) is 0 Å². The summed E-state index contributed by atoms with van der Waals surface area (Å²) in [4.78, 5) is 21.4. The number of ether oxygens (including phenoxy) is 1. The Kier molecular flexibility index (Phi) is 12.0. The van der Waals surface area contributed by atoms with Crippen molar-refractivity contribution in [3.63, 3.8) is 0 Å². The molecule has 1 N–H and O–H groups in total. The van der Waals surface area contributed by atoms with Crippen LogP contribution in [0.4, 0.5) is 0 Å². The zero-order chi connectivity index (χ0) is 20.7. The summed E-state index contributed by atoms with van der Waals surface area (Å²) in [5.74, 6) is -0.846. The Morgan fingerprint density at radius 3 is 2.31 bits per heavy atom. The van der Waals surface area contributed by atoms with Crippen LogP contribution >= 0.6 is 0 Å². The van der Waals surface area contributed by atoms with Crippen molar-refractivity contribution in [2.45, 2.75) is 108 Å². The highest BCUT2D eigenvalue weighted by molar-refractivity contribution is 5.67. The molecule has 4 atom stereocenters. The molecule has 2 fully saturated rings. The molecule has 0 bridgehead atoms. The highest BCUT2D eigenvalue weighted by Gasteiger charge is 2.36. The summed E-state index contributed by atoms with van der Waals surface area (Å²) in [5, 5.41) is 8.82. The maximum Gasteiger partial charge on any atom is 0.306 e. The number of rotatable bonds is 14. The van der Waals surface area contributed by atoms with E-state index in [0.29, 0.717) is 6.10 Å². The number of aliphatic carboxylic acids is 1. The van der Waals surface area contributed by atoms with Gasteiger partial charge in [0.1, 0.15) is 12.2 Å². The maximum absolute atomic E-state index is 10.7. The molecule has 0 aromatic heterocycles. The van der Waals surface area contributed by atoms with Crippen LogP contribution in [0.3, 0.4) is 0 Å². The fourth-order valence-corrected chi connectivity index (χ4v) is 3.95. The maximum atomic E-state index is 10.7. The first kappa shape index (κ1) is 23.8. The van der Waals surface area contributed by atoms with Crippen LogP contribution in [0, 0.1) is 0 Å². The first-order valence-electron chi connectivity index (χ1n) is 11.3. The summed E-state index contributed by atoms with van der Waals surface area (Å²) in [6, 6.07) is 0. The average molecular weight is 407 g/mol. The quantitative estimate of drug-likeness (QED) is 0.168. The van der Waals surface area contributed by atoms with Crippen LogP contribution in [0.15, 0.2) is 37.0 Å². The number of carboxylic acid groups (broad SMARTS) is 1. The van der Waals surface area contributed by atoms with E-state index in [1.165, 1.54) is 25.7 Å². The van der Waals surface area contributed by atoms with Crippen molar-refractivity contribution in [3.8, 4) is 0 Å². The Morgan fingerprint density at radius 1 is 0.862 bits per heavy atom. The molecule has 0 aromatic rings. The number of carbonyl (C=O) groups is 1. The van der Waals surface area contributed by atoms with Gasteiger partial charge in [0.2, 0.25) is 0 Å². The smallest absolute Gasteiger partial charge is 0.306 e. The molecular formula is C24H38O5. The monoisotopic (exact) mass is 406 g/mol. The van der Waals surface area contributed by atoms with Gasteiger partial charge in [-0.25, -0.2) is 9.78 Å². The minimum absolute atomic E-state index is 0.00307. The van der Waals surface area contributed by atoms with E-state index in [4.69, 9.17) is 19.6 Å². The van der Waals surface area contributed by atoms with Crippen molar-refractivity contribution in [2.24, 2.45) is 0 Å². The molecule has 2 aliphatic rings. The second-order valence-electron chi connectivity index (χ2n) is 8.12. The third-order valence-corrected chi connectivity index (χ3v) is 5.61. The second-order valence-corrected chi connectivity index (χ2v) is 8.12. The van der Waals surface area contributed by atoms with Gasteiger partial charge in [-0.3, -0.25) is 4.79 Å². The van der Waals surface area contributed by atoms with E-state index < -0.39 is 5.97 Å². The van der Waals surface area contributed by atoms with E-state index >= 15 is 0 Å². The molecule has 0 spiro atoms. The van der Waals surface area contributed by atoms with Crippen molar-refractivity contribution >= 4 is 5.97 Å². The van der Waals surface area contributed by atoms with Crippen LogP contribution in [0.25, 0.3) is 0 Å². The van der Waals surface area contributed by atoms with E-state index in [0.717, 1.165) is 51.4 Å². The molecule has 5 heteroatoms. The molecule has 5 nitrogen and oxygen atoms in total. The molecule has 164 valence electrons. The molecule has 2 rings (SSSR count). The van der Waals surface area contributed by atoms with Gasteiger partial charge in [-0.1, -0.05) is 49.6 Å². The Bertz CT molecular complexity index is 519. The highest BCUT2D eigenvalue weighted by Crippen LogP contribution is 2.31. The normalized spacial score (nSPS) is 27.7. The molecule has 0 saturated carbocycles. The average Bonchev–Trinajstić information content (AvgIpc) is 3.18. The lowest BCUT2D eigenvalue weighted by molar-refractivity contribution is -0.385. The minimum Gasteiger partial charge on any atom is -0.481 e. The fourth-order valence-electron chi connectivity index (χ4n) is 3.95. The zero-order valence-electron chi connectivity index (χ0n) is 17.7. The molecule has 2 heterocycles. The Hall–Kier alpha value is -1.43. The molecule has 0 amide bonds. The van der Waals surface area contributed by atoms with Crippen LogP contribution in [0.1, 0.15) is 83.5 Å². The summed E-state index contributed by atoms with van der Waals surface area (Å²) < 4.78 is 6.17. The number of unbranched alkanes of at least 4 members (excludes halogenated alkanes) is 5. The minimum atomic E-state index is -0.846. The van der Waals surface area contributed by atoms with Gasteiger partial charge in [0.15, 0.2) is 0 Å². The van der Waals surface area contributed by atoms with Gasteiger partial charge in [-0.15, -0.1) is 6.58 Å². The number of hydrogen-bond acceptors (Lipinski definition) is 4. The molecule has 2 aliphatic heterocycles. The first-order valence-corrected chi connectivity index (χ1v) is 11.3. The lowest BCUT2D eigenvalue weighted by Gasteiger charge is -2.30. The first-order chi connectivity index (χ1) is 14.2. The second kappa shape index (κ2) is 14.5. The molecule has 0 radical (unpaired) electrons. The van der Waals surface area contributed by atoms with Gasteiger partial charge in [0.05, 0.1) is 18.6 Å². The molecular weight excluding hydrogens is 368 g/mol. The number of allylic oxidation sites excluding steroid dienone is 5. The molecule has 0 aromatic carbocycles. The van der Waals surface area contributed by atoms with Crippen LogP contribution in [-0.2, 0) is 19.3 Å². The fraction of sp³-hybridized carbons (Fsp3) is 0.708. The van der Waals surface area contributed by atoms with Gasteiger partial charge in [-0.05, 0) is 57.8 Å². The zero-order valence-corrected chi connectivity index (χ0v) is 17.7. The van der Waals surface area contributed by atoms with Crippen molar-refractivity contribution in [1.82, 2.24) is 0 Å². The predicted molar refractivity (Wildman–Crippen MR) is 115 cm³/mol. The van der Waals surface area contributed by atoms with Crippen LogP contribution in [0.2, 0.25) is 0 Å². The summed E-state index contributed by atoms with van der Waals surface area (Å²) >= 11 is 0. The number of hydrogen-bond donors (Lipinski definition) is 1. The van der Waals surface area contributed by atoms with Crippen molar-refractivity contribution in [3.05, 3.63) is 37.0 Å². The summed E-state index contributed by atoms with van der Waals surface area (Å²) in [6.07, 6.45) is 23.7. The predicted octanol–water partition coefficient (Wildman–Crippen LogP) is 5.91. The largest absolute Gasteiger partial charge is 0.481 e. The summed E-state index contributed by atoms with van der Waals surface area (Å²) in [5.41, 5.74) is 0. The Labute approximate surface area is 175 Å². The van der Waals surface area contributed by atoms with Crippen LogP contribution < -0.4 is 0 Å².